The maximum Gasteiger partial charge on any atom is 0.315 e. The van der Waals surface area contributed by atoms with E-state index < -0.39 is 0 Å². The van der Waals surface area contributed by atoms with E-state index in [-0.39, 0.29) is 5.97 Å². The molecule has 0 aliphatic heterocycles. The Morgan fingerprint density at radius 3 is 2.71 bits per heavy atom. The highest BCUT2D eigenvalue weighted by Crippen LogP contribution is 2.13. The number of hydrogen-bond acceptors (Lipinski definition) is 5. The fraction of sp³-hybridized carbons (Fsp3) is 0.417. The number of hydrogen-bond donors (Lipinski definition) is 1. The van der Waals surface area contributed by atoms with Crippen LogP contribution >= 0.6 is 11.8 Å². The van der Waals surface area contributed by atoms with Crippen molar-refractivity contribution in [3.05, 3.63) is 24.3 Å². The molecule has 0 unspecified atom stereocenters. The summed E-state index contributed by atoms with van der Waals surface area (Å²) in [6.45, 7) is 2.79. The van der Waals surface area contributed by atoms with E-state index in [4.69, 9.17) is 15.2 Å². The van der Waals surface area contributed by atoms with Gasteiger partial charge in [0.1, 0.15) is 5.75 Å². The zero-order chi connectivity index (χ0) is 12.5. The molecule has 0 heterocycles. The molecule has 1 aromatic carbocycles. The molecule has 17 heavy (non-hydrogen) atoms. The van der Waals surface area contributed by atoms with E-state index in [0.717, 1.165) is 11.5 Å². The zero-order valence-corrected chi connectivity index (χ0v) is 10.7. The molecule has 94 valence electrons. The summed E-state index contributed by atoms with van der Waals surface area (Å²) in [5, 5.41) is 0. The van der Waals surface area contributed by atoms with Gasteiger partial charge in [-0.25, -0.2) is 0 Å². The number of carbonyl (C=O) groups is 1. The van der Waals surface area contributed by atoms with Crippen LogP contribution in [0.1, 0.15) is 6.92 Å². The summed E-state index contributed by atoms with van der Waals surface area (Å²) in [5.41, 5.74) is 6.27. The average molecular weight is 255 g/mol. The van der Waals surface area contributed by atoms with Crippen molar-refractivity contribution >= 4 is 23.4 Å². The highest BCUT2D eigenvalue weighted by molar-refractivity contribution is 7.99. The molecule has 5 heteroatoms. The molecule has 1 aromatic rings. The third kappa shape index (κ3) is 6.06. The van der Waals surface area contributed by atoms with Gasteiger partial charge >= 0.3 is 5.97 Å². The molecular formula is C12H17NO3S. The van der Waals surface area contributed by atoms with Crippen molar-refractivity contribution in [2.24, 2.45) is 0 Å². The van der Waals surface area contributed by atoms with Gasteiger partial charge in [0.25, 0.3) is 0 Å². The van der Waals surface area contributed by atoms with E-state index >= 15 is 0 Å². The highest BCUT2D eigenvalue weighted by atomic mass is 32.2. The summed E-state index contributed by atoms with van der Waals surface area (Å²) in [4.78, 5) is 11.0. The number of ether oxygens (including phenoxy) is 2. The van der Waals surface area contributed by atoms with Crippen LogP contribution in [-0.4, -0.2) is 30.7 Å². The monoisotopic (exact) mass is 255 g/mol. The van der Waals surface area contributed by atoms with Gasteiger partial charge < -0.3 is 15.2 Å². The Hall–Kier alpha value is -1.36. The second-order valence-electron chi connectivity index (χ2n) is 3.28. The minimum absolute atomic E-state index is 0.176. The quantitative estimate of drug-likeness (QED) is 0.458. The van der Waals surface area contributed by atoms with Crippen LogP contribution in [0.2, 0.25) is 0 Å². The van der Waals surface area contributed by atoms with Gasteiger partial charge in [-0.1, -0.05) is 0 Å². The molecule has 0 radical (unpaired) electrons. The average Bonchev–Trinajstić information content (AvgIpc) is 2.31. The number of nitrogens with two attached hydrogens (primary N) is 1. The first-order chi connectivity index (χ1) is 8.22. The van der Waals surface area contributed by atoms with Crippen molar-refractivity contribution in [2.75, 3.05) is 30.5 Å². The second kappa shape index (κ2) is 7.84. The molecule has 0 saturated heterocycles. The predicted octanol–water partition coefficient (Wildman–Crippen LogP) is 1.94. The van der Waals surface area contributed by atoms with Gasteiger partial charge in [0.15, 0.2) is 0 Å². The molecule has 0 saturated carbocycles. The van der Waals surface area contributed by atoms with Crippen molar-refractivity contribution in [3.8, 4) is 5.75 Å². The van der Waals surface area contributed by atoms with E-state index in [0.29, 0.717) is 24.7 Å². The van der Waals surface area contributed by atoms with Crippen molar-refractivity contribution in [3.63, 3.8) is 0 Å². The van der Waals surface area contributed by atoms with Crippen LogP contribution in [0.25, 0.3) is 0 Å². The molecule has 1 rings (SSSR count). The SMILES string of the molecule is CCOC(=O)CSCCOc1ccc(N)cc1. The largest absolute Gasteiger partial charge is 0.493 e. The Kier molecular flexibility index (Phi) is 6.32. The lowest BCUT2D eigenvalue weighted by atomic mass is 10.3. The minimum atomic E-state index is -0.176. The number of thioether (sulfide) groups is 1. The first-order valence-electron chi connectivity index (χ1n) is 5.44. The summed E-state index contributed by atoms with van der Waals surface area (Å²) < 4.78 is 10.3. The summed E-state index contributed by atoms with van der Waals surface area (Å²) in [7, 11) is 0. The number of carbonyl (C=O) groups excluding carboxylic acids is 1. The number of benzene rings is 1. The molecule has 0 aliphatic carbocycles. The molecule has 0 atom stereocenters. The van der Waals surface area contributed by atoms with Crippen molar-refractivity contribution in [1.82, 2.24) is 0 Å². The minimum Gasteiger partial charge on any atom is -0.493 e. The second-order valence-corrected chi connectivity index (χ2v) is 4.38. The van der Waals surface area contributed by atoms with Crippen LogP contribution in [0, 0.1) is 0 Å². The van der Waals surface area contributed by atoms with Crippen molar-refractivity contribution in [1.29, 1.82) is 0 Å². The molecule has 0 spiro atoms. The van der Waals surface area contributed by atoms with Crippen molar-refractivity contribution in [2.45, 2.75) is 6.92 Å². The number of rotatable bonds is 7. The van der Waals surface area contributed by atoms with E-state index in [1.807, 2.05) is 12.1 Å². The van der Waals surface area contributed by atoms with Crippen LogP contribution in [-0.2, 0) is 9.53 Å². The fourth-order valence-corrected chi connectivity index (χ4v) is 1.74. The summed E-state index contributed by atoms with van der Waals surface area (Å²) >= 11 is 1.50. The van der Waals surface area contributed by atoms with Gasteiger partial charge in [0.05, 0.1) is 19.0 Å². The highest BCUT2D eigenvalue weighted by Gasteiger charge is 2.01. The van der Waals surface area contributed by atoms with E-state index in [1.165, 1.54) is 11.8 Å². The van der Waals surface area contributed by atoms with Gasteiger partial charge in [-0.15, -0.1) is 11.8 Å². The smallest absolute Gasteiger partial charge is 0.315 e. The van der Waals surface area contributed by atoms with Crippen molar-refractivity contribution < 1.29 is 14.3 Å². The van der Waals surface area contributed by atoms with E-state index in [2.05, 4.69) is 0 Å². The number of anilines is 1. The molecule has 2 N–H and O–H groups in total. The lowest BCUT2D eigenvalue weighted by Gasteiger charge is -2.06. The summed E-state index contributed by atoms with van der Waals surface area (Å²) in [6, 6.07) is 7.23. The van der Waals surface area contributed by atoms with Gasteiger partial charge in [-0.05, 0) is 31.2 Å². The van der Waals surface area contributed by atoms with E-state index in [9.17, 15) is 4.79 Å². The van der Waals surface area contributed by atoms with Crippen LogP contribution < -0.4 is 10.5 Å². The summed E-state index contributed by atoms with van der Waals surface area (Å²) in [5.74, 6) is 1.74. The molecule has 0 amide bonds. The lowest BCUT2D eigenvalue weighted by molar-refractivity contribution is -0.139. The molecule has 0 aromatic heterocycles. The maximum absolute atomic E-state index is 11.0. The van der Waals surface area contributed by atoms with E-state index in [1.54, 1.807) is 19.1 Å². The zero-order valence-electron chi connectivity index (χ0n) is 9.85. The normalized spacial score (nSPS) is 9.94. The Morgan fingerprint density at radius 2 is 2.06 bits per heavy atom. The maximum atomic E-state index is 11.0. The number of nitrogen functional groups attached to an aromatic ring is 1. The predicted molar refractivity (Wildman–Crippen MR) is 70.3 cm³/mol. The van der Waals surface area contributed by atoms with Gasteiger partial charge in [0, 0.05) is 11.4 Å². The lowest BCUT2D eigenvalue weighted by Crippen LogP contribution is -2.09. The topological polar surface area (TPSA) is 61.5 Å². The fourth-order valence-electron chi connectivity index (χ4n) is 1.14. The Labute approximate surface area is 105 Å². The van der Waals surface area contributed by atoms with Gasteiger partial charge in [-0.2, -0.15) is 0 Å². The first kappa shape index (κ1) is 13.7. The number of esters is 1. The molecule has 0 aliphatic rings. The standard InChI is InChI=1S/C12H17NO3S/c1-2-15-12(14)9-17-8-7-16-11-5-3-10(13)4-6-11/h3-6H,2,7-9,13H2,1H3. The molecular weight excluding hydrogens is 238 g/mol. The summed E-state index contributed by atoms with van der Waals surface area (Å²) in [6.07, 6.45) is 0. The van der Waals surface area contributed by atoms with Crippen LogP contribution in [0.4, 0.5) is 5.69 Å². The Morgan fingerprint density at radius 1 is 1.35 bits per heavy atom. The first-order valence-corrected chi connectivity index (χ1v) is 6.59. The third-order valence-electron chi connectivity index (χ3n) is 1.90. The third-order valence-corrected chi connectivity index (χ3v) is 2.80. The van der Waals surface area contributed by atoms with Crippen LogP contribution in [0.5, 0.6) is 5.75 Å². The Balaban J connectivity index is 2.08. The van der Waals surface area contributed by atoms with Gasteiger partial charge in [-0.3, -0.25) is 4.79 Å². The van der Waals surface area contributed by atoms with Crippen LogP contribution in [0.3, 0.4) is 0 Å². The van der Waals surface area contributed by atoms with Crippen LogP contribution in [0.15, 0.2) is 24.3 Å². The Bertz CT molecular complexity index is 340. The van der Waals surface area contributed by atoms with Gasteiger partial charge in [0.2, 0.25) is 0 Å². The molecule has 0 bridgehead atoms. The molecule has 4 nitrogen and oxygen atoms in total. The molecule has 0 fully saturated rings.